The zero-order valence-corrected chi connectivity index (χ0v) is 12.4. The van der Waals surface area contributed by atoms with E-state index in [0.717, 1.165) is 6.42 Å². The number of hydrogen-bond donors (Lipinski definition) is 1. The Hall–Kier alpha value is -1.39. The second-order valence-corrected chi connectivity index (χ2v) is 4.77. The predicted octanol–water partition coefficient (Wildman–Crippen LogP) is 2.85. The number of carbonyl (C=O) groups is 2. The Morgan fingerprint density at radius 1 is 1.20 bits per heavy atom. The fourth-order valence-electron chi connectivity index (χ4n) is 1.64. The van der Waals surface area contributed by atoms with E-state index in [1.807, 2.05) is 6.92 Å². The molecule has 1 aromatic rings. The van der Waals surface area contributed by atoms with Gasteiger partial charge in [-0.25, -0.2) is 0 Å². The maximum Gasteiger partial charge on any atom is 0.220 e. The molecule has 0 atom stereocenters. The summed E-state index contributed by atoms with van der Waals surface area (Å²) in [5, 5.41) is 3.36. The fraction of sp³-hybridized carbons (Fsp3) is 0.467. The van der Waals surface area contributed by atoms with E-state index in [4.69, 9.17) is 16.3 Å². The second kappa shape index (κ2) is 9.50. The number of Topliss-reactive ketones (excluding diaryl/α,β-unsaturated/α-hetero) is 1. The molecule has 4 nitrogen and oxygen atoms in total. The molecule has 0 saturated heterocycles. The average Bonchev–Trinajstić information content (AvgIpc) is 2.45. The Morgan fingerprint density at radius 3 is 2.55 bits per heavy atom. The van der Waals surface area contributed by atoms with Gasteiger partial charge in [0.25, 0.3) is 0 Å². The van der Waals surface area contributed by atoms with Crippen LogP contribution in [0.15, 0.2) is 24.3 Å². The van der Waals surface area contributed by atoms with Crippen LogP contribution in [0.2, 0.25) is 5.02 Å². The van der Waals surface area contributed by atoms with Gasteiger partial charge in [-0.15, -0.1) is 0 Å². The lowest BCUT2D eigenvalue weighted by atomic mass is 10.1. The second-order valence-electron chi connectivity index (χ2n) is 4.33. The molecule has 110 valence electrons. The third-order valence-electron chi connectivity index (χ3n) is 2.74. The first-order chi connectivity index (χ1) is 9.63. The van der Waals surface area contributed by atoms with Crippen molar-refractivity contribution >= 4 is 23.3 Å². The molecule has 0 bridgehead atoms. The third kappa shape index (κ3) is 6.68. The van der Waals surface area contributed by atoms with Crippen LogP contribution >= 0.6 is 11.6 Å². The summed E-state index contributed by atoms with van der Waals surface area (Å²) in [7, 11) is 0. The van der Waals surface area contributed by atoms with E-state index in [1.165, 1.54) is 0 Å². The van der Waals surface area contributed by atoms with Crippen LogP contribution in [0.3, 0.4) is 0 Å². The highest BCUT2D eigenvalue weighted by Crippen LogP contribution is 2.11. The SMILES string of the molecule is CCOCCCNC(=O)CCC(=O)c1ccc(Cl)cc1. The van der Waals surface area contributed by atoms with E-state index in [9.17, 15) is 9.59 Å². The highest BCUT2D eigenvalue weighted by Gasteiger charge is 2.08. The number of carbonyl (C=O) groups excluding carboxylic acids is 2. The van der Waals surface area contributed by atoms with E-state index < -0.39 is 0 Å². The molecule has 1 rings (SSSR count). The normalized spacial score (nSPS) is 10.3. The zero-order valence-electron chi connectivity index (χ0n) is 11.7. The molecular formula is C15H20ClNO3. The van der Waals surface area contributed by atoms with Gasteiger partial charge in [0.15, 0.2) is 5.78 Å². The van der Waals surface area contributed by atoms with E-state index in [1.54, 1.807) is 24.3 Å². The number of benzene rings is 1. The Bertz CT molecular complexity index is 431. The summed E-state index contributed by atoms with van der Waals surface area (Å²) in [5.74, 6) is -0.157. The standard InChI is InChI=1S/C15H20ClNO3/c1-2-20-11-3-10-17-15(19)9-8-14(18)12-4-6-13(16)7-5-12/h4-7H,2-3,8-11H2,1H3,(H,17,19). The Balaban J connectivity index is 2.20. The summed E-state index contributed by atoms with van der Waals surface area (Å²) < 4.78 is 5.16. The summed E-state index contributed by atoms with van der Waals surface area (Å²) in [6, 6.07) is 6.68. The van der Waals surface area contributed by atoms with Crippen molar-refractivity contribution in [3.05, 3.63) is 34.9 Å². The van der Waals surface area contributed by atoms with Gasteiger partial charge in [0.2, 0.25) is 5.91 Å². The molecule has 0 aliphatic rings. The Labute approximate surface area is 124 Å². The lowest BCUT2D eigenvalue weighted by molar-refractivity contribution is -0.121. The summed E-state index contributed by atoms with van der Waals surface area (Å²) in [6.07, 6.45) is 1.19. The van der Waals surface area contributed by atoms with Crippen molar-refractivity contribution in [1.29, 1.82) is 0 Å². The molecule has 0 aliphatic heterocycles. The van der Waals surface area contributed by atoms with Gasteiger partial charge in [-0.05, 0) is 37.6 Å². The van der Waals surface area contributed by atoms with Crippen LogP contribution in [-0.4, -0.2) is 31.4 Å². The number of nitrogens with one attached hydrogen (secondary N) is 1. The maximum absolute atomic E-state index is 11.8. The maximum atomic E-state index is 11.8. The van der Waals surface area contributed by atoms with Crippen molar-refractivity contribution in [3.63, 3.8) is 0 Å². The number of rotatable bonds is 9. The van der Waals surface area contributed by atoms with Gasteiger partial charge in [0.1, 0.15) is 0 Å². The van der Waals surface area contributed by atoms with Crippen LogP contribution in [0.5, 0.6) is 0 Å². The van der Waals surface area contributed by atoms with E-state index >= 15 is 0 Å². The van der Waals surface area contributed by atoms with Crippen LogP contribution in [0, 0.1) is 0 Å². The zero-order chi connectivity index (χ0) is 14.8. The number of halogens is 1. The number of hydrogen-bond acceptors (Lipinski definition) is 3. The third-order valence-corrected chi connectivity index (χ3v) is 2.99. The van der Waals surface area contributed by atoms with Crippen molar-refractivity contribution in [2.24, 2.45) is 0 Å². The summed E-state index contributed by atoms with van der Waals surface area (Å²) in [6.45, 7) is 3.83. The van der Waals surface area contributed by atoms with Crippen LogP contribution in [0.4, 0.5) is 0 Å². The quantitative estimate of drug-likeness (QED) is 0.563. The number of ketones is 1. The minimum Gasteiger partial charge on any atom is -0.382 e. The largest absolute Gasteiger partial charge is 0.382 e. The first kappa shape index (κ1) is 16.7. The molecule has 1 N–H and O–H groups in total. The molecule has 0 aliphatic carbocycles. The van der Waals surface area contributed by atoms with Gasteiger partial charge >= 0.3 is 0 Å². The molecule has 0 spiro atoms. The van der Waals surface area contributed by atoms with Crippen molar-refractivity contribution in [2.75, 3.05) is 19.8 Å². The van der Waals surface area contributed by atoms with Crippen molar-refractivity contribution < 1.29 is 14.3 Å². The van der Waals surface area contributed by atoms with Gasteiger partial charge in [0.05, 0.1) is 0 Å². The van der Waals surface area contributed by atoms with Gasteiger partial charge in [-0.3, -0.25) is 9.59 Å². The molecule has 0 radical (unpaired) electrons. The lowest BCUT2D eigenvalue weighted by Gasteiger charge is -2.05. The van der Waals surface area contributed by atoms with Crippen LogP contribution in [0.25, 0.3) is 0 Å². The topological polar surface area (TPSA) is 55.4 Å². The molecule has 0 aromatic heterocycles. The highest BCUT2D eigenvalue weighted by atomic mass is 35.5. The predicted molar refractivity (Wildman–Crippen MR) is 79.1 cm³/mol. The van der Waals surface area contributed by atoms with Crippen LogP contribution in [-0.2, 0) is 9.53 Å². The summed E-state index contributed by atoms with van der Waals surface area (Å²) in [5.41, 5.74) is 0.582. The molecule has 20 heavy (non-hydrogen) atoms. The van der Waals surface area contributed by atoms with Gasteiger partial charge in [-0.1, -0.05) is 11.6 Å². The Kier molecular flexibility index (Phi) is 7.92. The number of ether oxygens (including phenoxy) is 1. The van der Waals surface area contributed by atoms with E-state index in [0.29, 0.717) is 30.3 Å². The summed E-state index contributed by atoms with van der Waals surface area (Å²) in [4.78, 5) is 23.4. The van der Waals surface area contributed by atoms with Gasteiger partial charge in [0, 0.05) is 43.2 Å². The van der Waals surface area contributed by atoms with Gasteiger partial charge in [-0.2, -0.15) is 0 Å². The van der Waals surface area contributed by atoms with Crippen LogP contribution < -0.4 is 5.32 Å². The molecule has 0 heterocycles. The molecule has 0 fully saturated rings. The minimum atomic E-state index is -0.108. The molecule has 5 heteroatoms. The first-order valence-corrected chi connectivity index (χ1v) is 7.14. The van der Waals surface area contributed by atoms with E-state index in [2.05, 4.69) is 5.32 Å². The molecule has 0 saturated carbocycles. The van der Waals surface area contributed by atoms with Crippen LogP contribution in [0.1, 0.15) is 36.5 Å². The van der Waals surface area contributed by atoms with Crippen molar-refractivity contribution in [2.45, 2.75) is 26.2 Å². The molecule has 0 unspecified atom stereocenters. The Morgan fingerprint density at radius 2 is 1.90 bits per heavy atom. The molecule has 1 amide bonds. The monoisotopic (exact) mass is 297 g/mol. The number of amides is 1. The lowest BCUT2D eigenvalue weighted by Crippen LogP contribution is -2.25. The highest BCUT2D eigenvalue weighted by molar-refractivity contribution is 6.30. The molecular weight excluding hydrogens is 278 g/mol. The van der Waals surface area contributed by atoms with Crippen molar-refractivity contribution in [1.82, 2.24) is 5.32 Å². The smallest absolute Gasteiger partial charge is 0.220 e. The van der Waals surface area contributed by atoms with Gasteiger partial charge < -0.3 is 10.1 Å². The minimum absolute atomic E-state index is 0.0499. The van der Waals surface area contributed by atoms with Crippen molar-refractivity contribution in [3.8, 4) is 0 Å². The fourth-order valence-corrected chi connectivity index (χ4v) is 1.77. The average molecular weight is 298 g/mol. The summed E-state index contributed by atoms with van der Waals surface area (Å²) >= 11 is 5.75. The van der Waals surface area contributed by atoms with E-state index in [-0.39, 0.29) is 24.5 Å². The first-order valence-electron chi connectivity index (χ1n) is 6.76. The molecule has 1 aromatic carbocycles.